The van der Waals surface area contributed by atoms with Crippen LogP contribution in [0.15, 0.2) is 10.5 Å². The number of anilines is 1. The molecular weight excluding hydrogens is 529 g/mol. The second-order valence-electron chi connectivity index (χ2n) is 7.37. The maximum absolute atomic E-state index is 14.0. The molecule has 33 heavy (non-hydrogen) atoms. The lowest BCUT2D eigenvalue weighted by atomic mass is 10.2. The van der Waals surface area contributed by atoms with Crippen molar-refractivity contribution in [2.45, 2.75) is 32.3 Å². The minimum Gasteiger partial charge on any atom is -0.477 e. The molecule has 0 aliphatic carbocycles. The fourth-order valence-corrected chi connectivity index (χ4v) is 4.44. The Balaban J connectivity index is 1.55. The molecule has 2 heterocycles. The molecule has 3 rings (SSSR count). The van der Waals surface area contributed by atoms with Crippen molar-refractivity contribution in [1.29, 1.82) is 0 Å². The maximum atomic E-state index is 14.0. The fraction of sp³-hybridized carbons (Fsp3) is 0.450. The van der Waals surface area contributed by atoms with Gasteiger partial charge >= 0.3 is 12.0 Å². The largest absolute Gasteiger partial charge is 0.477 e. The Morgan fingerprint density at radius 1 is 1.21 bits per heavy atom. The van der Waals surface area contributed by atoms with Gasteiger partial charge < -0.3 is 20.1 Å². The molecule has 180 valence electrons. The normalized spacial score (nSPS) is 13.8. The predicted octanol–water partition coefficient (Wildman–Crippen LogP) is 4.60. The van der Waals surface area contributed by atoms with E-state index in [0.29, 0.717) is 18.1 Å². The number of carboxylic acid groups (broad SMARTS) is 1. The van der Waals surface area contributed by atoms with Crippen molar-refractivity contribution in [3.8, 4) is 5.88 Å². The van der Waals surface area contributed by atoms with Gasteiger partial charge in [0.15, 0.2) is 17.2 Å². The number of amides is 2. The molecule has 0 radical (unpaired) electrons. The molecule has 1 aliphatic rings. The standard InChI is InChI=1S/C20H22BrF3N4O4S/c21-12-9-13(22)11(15(23)16(12)24)10-32-17-14(19(29)30)18(33-27-17)26-20(31)25-5-1-2-6-28-7-3-4-8-28/h9H,1-8,10H2,(H,29,30)(H2,25,26,31). The monoisotopic (exact) mass is 550 g/mol. The van der Waals surface area contributed by atoms with Crippen molar-refractivity contribution in [3.05, 3.63) is 39.1 Å². The summed E-state index contributed by atoms with van der Waals surface area (Å²) in [4.78, 5) is 26.1. The number of benzene rings is 1. The van der Waals surface area contributed by atoms with Crippen molar-refractivity contribution < 1.29 is 32.6 Å². The first-order chi connectivity index (χ1) is 15.8. The molecule has 0 saturated carbocycles. The fourth-order valence-electron chi connectivity index (χ4n) is 3.34. The van der Waals surface area contributed by atoms with Crippen LogP contribution in [0.1, 0.15) is 41.6 Å². The average molecular weight is 551 g/mol. The lowest BCUT2D eigenvalue weighted by Gasteiger charge is -2.14. The van der Waals surface area contributed by atoms with E-state index in [1.807, 2.05) is 0 Å². The highest BCUT2D eigenvalue weighted by Gasteiger charge is 2.25. The van der Waals surface area contributed by atoms with Gasteiger partial charge in [-0.3, -0.25) is 5.32 Å². The van der Waals surface area contributed by atoms with Crippen molar-refractivity contribution in [3.63, 3.8) is 0 Å². The molecule has 2 amide bonds. The average Bonchev–Trinajstić information content (AvgIpc) is 3.42. The van der Waals surface area contributed by atoms with Crippen molar-refractivity contribution >= 4 is 44.5 Å². The number of hydrogen-bond donors (Lipinski definition) is 3. The molecule has 1 saturated heterocycles. The van der Waals surface area contributed by atoms with E-state index >= 15 is 0 Å². The molecule has 0 unspecified atom stereocenters. The van der Waals surface area contributed by atoms with Gasteiger partial charge in [0.1, 0.15) is 17.4 Å². The molecule has 1 aliphatic heterocycles. The van der Waals surface area contributed by atoms with Crippen LogP contribution in [0.4, 0.5) is 23.0 Å². The Bertz CT molecular complexity index is 1020. The molecule has 13 heteroatoms. The Labute approximate surface area is 200 Å². The van der Waals surface area contributed by atoms with Crippen LogP contribution in [0.5, 0.6) is 5.88 Å². The van der Waals surface area contributed by atoms with Gasteiger partial charge in [0.05, 0.1) is 10.0 Å². The highest BCUT2D eigenvalue weighted by molar-refractivity contribution is 9.10. The zero-order chi connectivity index (χ0) is 24.0. The van der Waals surface area contributed by atoms with E-state index in [2.05, 4.69) is 35.8 Å². The first kappa shape index (κ1) is 25.2. The SMILES string of the molecule is O=C(NCCCCN1CCCC1)Nc1snc(OCc2c(F)cc(Br)c(F)c2F)c1C(=O)O. The zero-order valence-corrected chi connectivity index (χ0v) is 19.8. The van der Waals surface area contributed by atoms with Crippen molar-refractivity contribution in [2.24, 2.45) is 0 Å². The number of nitrogens with zero attached hydrogens (tertiary/aromatic N) is 2. The number of aromatic carboxylic acids is 1. The summed E-state index contributed by atoms with van der Waals surface area (Å²) in [5, 5.41) is 14.4. The summed E-state index contributed by atoms with van der Waals surface area (Å²) in [6.07, 6.45) is 4.14. The van der Waals surface area contributed by atoms with Crippen LogP contribution in [-0.2, 0) is 6.61 Å². The number of carboxylic acids is 1. The van der Waals surface area contributed by atoms with Gasteiger partial charge in [-0.1, -0.05) is 0 Å². The van der Waals surface area contributed by atoms with Crippen LogP contribution >= 0.6 is 27.5 Å². The molecule has 0 bridgehead atoms. The summed E-state index contributed by atoms with van der Waals surface area (Å²) in [5.74, 6) is -5.74. The number of likely N-dealkylation sites (tertiary alicyclic amines) is 1. The number of halogens is 4. The smallest absolute Gasteiger partial charge is 0.344 e. The highest BCUT2D eigenvalue weighted by Crippen LogP contribution is 2.32. The Hall–Kier alpha value is -2.38. The van der Waals surface area contributed by atoms with Crippen molar-refractivity contribution in [1.82, 2.24) is 14.6 Å². The molecule has 0 atom stereocenters. The molecule has 1 aromatic heterocycles. The molecule has 2 aromatic rings. The van der Waals surface area contributed by atoms with Crippen LogP contribution in [0, 0.1) is 17.5 Å². The van der Waals surface area contributed by atoms with E-state index in [9.17, 15) is 27.9 Å². The number of aromatic nitrogens is 1. The third kappa shape index (κ3) is 6.58. The van der Waals surface area contributed by atoms with Gasteiger partial charge in [0, 0.05) is 6.54 Å². The van der Waals surface area contributed by atoms with Crippen LogP contribution < -0.4 is 15.4 Å². The second kappa shape index (κ2) is 11.7. The van der Waals surface area contributed by atoms with E-state index in [1.54, 1.807) is 0 Å². The summed E-state index contributed by atoms with van der Waals surface area (Å²) < 4.78 is 50.2. The van der Waals surface area contributed by atoms with Gasteiger partial charge in [-0.2, -0.15) is 4.37 Å². The molecule has 8 nitrogen and oxygen atoms in total. The number of urea groups is 1. The van der Waals surface area contributed by atoms with Gasteiger partial charge in [0.2, 0.25) is 5.88 Å². The van der Waals surface area contributed by atoms with Crippen molar-refractivity contribution in [2.75, 3.05) is 31.5 Å². The lowest BCUT2D eigenvalue weighted by molar-refractivity contribution is 0.0693. The molecule has 3 N–H and O–H groups in total. The number of hydrogen-bond acceptors (Lipinski definition) is 6. The van der Waals surface area contributed by atoms with Crippen LogP contribution in [0.25, 0.3) is 0 Å². The minimum atomic E-state index is -1.46. The molecular formula is C20H22BrF3N4O4S. The predicted molar refractivity (Wildman–Crippen MR) is 119 cm³/mol. The maximum Gasteiger partial charge on any atom is 0.344 e. The first-order valence-corrected chi connectivity index (χ1v) is 11.8. The van der Waals surface area contributed by atoms with Crippen LogP contribution in [0.2, 0.25) is 0 Å². The molecule has 1 aromatic carbocycles. The highest BCUT2D eigenvalue weighted by atomic mass is 79.9. The summed E-state index contributed by atoms with van der Waals surface area (Å²) >= 11 is 3.33. The Kier molecular flexibility index (Phi) is 8.92. The van der Waals surface area contributed by atoms with Crippen LogP contribution in [0.3, 0.4) is 0 Å². The third-order valence-electron chi connectivity index (χ3n) is 5.05. The number of rotatable bonds is 10. The number of unbranched alkanes of at least 4 members (excludes halogenated alkanes) is 1. The lowest BCUT2D eigenvalue weighted by Crippen LogP contribution is -2.30. The quantitative estimate of drug-likeness (QED) is 0.227. The Morgan fingerprint density at radius 3 is 2.64 bits per heavy atom. The van der Waals surface area contributed by atoms with E-state index in [4.69, 9.17) is 4.74 Å². The van der Waals surface area contributed by atoms with Gasteiger partial charge in [0.25, 0.3) is 0 Å². The summed E-state index contributed by atoms with van der Waals surface area (Å²) in [5.41, 5.74) is -1.19. The summed E-state index contributed by atoms with van der Waals surface area (Å²) in [7, 11) is 0. The van der Waals surface area contributed by atoms with E-state index < -0.39 is 57.5 Å². The van der Waals surface area contributed by atoms with Crippen LogP contribution in [-0.4, -0.2) is 52.6 Å². The summed E-state index contributed by atoms with van der Waals surface area (Å²) in [6, 6.07) is 0.125. The number of nitrogens with one attached hydrogen (secondary N) is 2. The van der Waals surface area contributed by atoms with Gasteiger partial charge in [-0.15, -0.1) is 0 Å². The second-order valence-corrected chi connectivity index (χ2v) is 9.00. The first-order valence-electron chi connectivity index (χ1n) is 10.2. The number of carbonyl (C=O) groups excluding carboxylic acids is 1. The minimum absolute atomic E-state index is 0.102. The van der Waals surface area contributed by atoms with E-state index in [-0.39, 0.29) is 5.00 Å². The zero-order valence-electron chi connectivity index (χ0n) is 17.4. The molecule has 0 spiro atoms. The summed E-state index contributed by atoms with van der Waals surface area (Å²) in [6.45, 7) is 2.81. The third-order valence-corrected chi connectivity index (χ3v) is 6.37. The van der Waals surface area contributed by atoms with Gasteiger partial charge in [-0.05, 0) is 78.8 Å². The topological polar surface area (TPSA) is 104 Å². The number of carbonyl (C=O) groups is 2. The van der Waals surface area contributed by atoms with E-state index in [1.165, 1.54) is 12.8 Å². The van der Waals surface area contributed by atoms with E-state index in [0.717, 1.165) is 38.5 Å². The Morgan fingerprint density at radius 2 is 1.94 bits per heavy atom. The molecule has 1 fully saturated rings. The van der Waals surface area contributed by atoms with Gasteiger partial charge in [-0.25, -0.2) is 22.8 Å². The number of ether oxygens (including phenoxy) is 1.